The van der Waals surface area contributed by atoms with Crippen LogP contribution in [-0.2, 0) is 12.7 Å². The molecule has 0 aliphatic heterocycles. The van der Waals surface area contributed by atoms with Crippen LogP contribution in [0, 0.1) is 0 Å². The Morgan fingerprint density at radius 2 is 1.86 bits per heavy atom. The number of aromatic nitrogens is 2. The molecule has 0 saturated heterocycles. The van der Waals surface area contributed by atoms with E-state index in [2.05, 4.69) is 30.9 Å². The molecule has 0 radical (unpaired) electrons. The van der Waals surface area contributed by atoms with Crippen LogP contribution < -0.4 is 16.0 Å². The predicted molar refractivity (Wildman–Crippen MR) is 121 cm³/mol. The van der Waals surface area contributed by atoms with Gasteiger partial charge < -0.3 is 16.0 Å². The Balaban J connectivity index is 0.00000300. The minimum Gasteiger partial charge on any atom is -0.368 e. The van der Waals surface area contributed by atoms with Crippen molar-refractivity contribution in [2.45, 2.75) is 12.7 Å². The fraction of sp³-hybridized carbons (Fsp3) is 0.278. The van der Waals surface area contributed by atoms with Crippen LogP contribution in [0.25, 0.3) is 10.9 Å². The number of rotatable bonds is 6. The van der Waals surface area contributed by atoms with Crippen molar-refractivity contribution in [3.8, 4) is 0 Å². The molecule has 0 amide bonds. The number of pyridine rings is 1. The molecule has 2 heterocycles. The second-order valence-electron chi connectivity index (χ2n) is 5.79. The Morgan fingerprint density at radius 1 is 1.07 bits per heavy atom. The Hall–Kier alpha value is -2.15. The lowest BCUT2D eigenvalue weighted by molar-refractivity contribution is -0.140. The van der Waals surface area contributed by atoms with Crippen LogP contribution >= 0.6 is 35.3 Å². The molecule has 0 atom stereocenters. The summed E-state index contributed by atoms with van der Waals surface area (Å²) in [6.07, 6.45) is -4.42. The maximum atomic E-state index is 12.6. The molecule has 0 unspecified atom stereocenters. The van der Waals surface area contributed by atoms with Crippen molar-refractivity contribution < 1.29 is 13.2 Å². The Labute approximate surface area is 187 Å². The van der Waals surface area contributed by atoms with E-state index in [4.69, 9.17) is 0 Å². The molecular formula is C18H20F3IN6S. The quantitative estimate of drug-likeness (QED) is 0.192. The van der Waals surface area contributed by atoms with Gasteiger partial charge in [-0.15, -0.1) is 35.3 Å². The van der Waals surface area contributed by atoms with Gasteiger partial charge >= 0.3 is 6.18 Å². The molecule has 0 saturated carbocycles. The SMILES string of the molecule is CN=C(NCCNc1ccc2ccccc2n1)NCc1nc(C(F)(F)F)cs1.I. The Kier molecular flexibility index (Phi) is 8.44. The zero-order valence-corrected chi connectivity index (χ0v) is 18.6. The number of thiazole rings is 1. The summed E-state index contributed by atoms with van der Waals surface area (Å²) >= 11 is 0.958. The van der Waals surface area contributed by atoms with Crippen LogP contribution in [0.2, 0.25) is 0 Å². The maximum Gasteiger partial charge on any atom is 0.434 e. The fourth-order valence-corrected chi connectivity index (χ4v) is 3.18. The second kappa shape index (κ2) is 10.6. The van der Waals surface area contributed by atoms with E-state index in [0.717, 1.165) is 33.4 Å². The lowest BCUT2D eigenvalue weighted by atomic mass is 10.2. The minimum atomic E-state index is -4.42. The van der Waals surface area contributed by atoms with E-state index in [1.807, 2.05) is 36.4 Å². The second-order valence-corrected chi connectivity index (χ2v) is 6.74. The van der Waals surface area contributed by atoms with Crippen LogP contribution in [0.1, 0.15) is 10.7 Å². The Bertz CT molecular complexity index is 960. The number of alkyl halides is 3. The van der Waals surface area contributed by atoms with Gasteiger partial charge in [-0.2, -0.15) is 13.2 Å². The van der Waals surface area contributed by atoms with E-state index in [9.17, 15) is 13.2 Å². The highest BCUT2D eigenvalue weighted by Gasteiger charge is 2.33. The highest BCUT2D eigenvalue weighted by molar-refractivity contribution is 14.0. The van der Waals surface area contributed by atoms with Crippen LogP contribution in [0.5, 0.6) is 0 Å². The van der Waals surface area contributed by atoms with Gasteiger partial charge in [-0.25, -0.2) is 9.97 Å². The first-order valence-corrected chi connectivity index (χ1v) is 9.39. The van der Waals surface area contributed by atoms with Gasteiger partial charge in [0, 0.05) is 30.9 Å². The standard InChI is InChI=1S/C18H19F3N6S.HI/c1-22-17(25-10-16-27-14(11-28-16)18(19,20)21)24-9-8-23-15-7-6-12-4-2-3-5-13(12)26-15;/h2-7,11H,8-10H2,1H3,(H,23,26)(H2,22,24,25);1H. The molecule has 156 valence electrons. The first kappa shape index (κ1) is 23.1. The molecule has 6 nitrogen and oxygen atoms in total. The predicted octanol–water partition coefficient (Wildman–Crippen LogP) is 4.11. The lowest BCUT2D eigenvalue weighted by Gasteiger charge is -2.12. The summed E-state index contributed by atoms with van der Waals surface area (Å²) in [6.45, 7) is 1.32. The zero-order valence-electron chi connectivity index (χ0n) is 15.5. The summed E-state index contributed by atoms with van der Waals surface area (Å²) in [7, 11) is 1.59. The van der Waals surface area contributed by atoms with Gasteiger partial charge in [0.15, 0.2) is 11.7 Å². The molecular weight excluding hydrogens is 516 g/mol. The molecule has 0 spiro atoms. The number of aliphatic imine (C=N–C) groups is 1. The molecule has 0 bridgehead atoms. The highest BCUT2D eigenvalue weighted by atomic mass is 127. The molecule has 0 fully saturated rings. The highest BCUT2D eigenvalue weighted by Crippen LogP contribution is 2.29. The number of hydrogen-bond donors (Lipinski definition) is 3. The zero-order chi connectivity index (χ0) is 20.0. The van der Waals surface area contributed by atoms with E-state index in [1.54, 1.807) is 7.05 Å². The van der Waals surface area contributed by atoms with E-state index < -0.39 is 11.9 Å². The summed E-state index contributed by atoms with van der Waals surface area (Å²) in [4.78, 5) is 12.2. The van der Waals surface area contributed by atoms with Gasteiger partial charge in [-0.3, -0.25) is 4.99 Å². The van der Waals surface area contributed by atoms with E-state index in [0.29, 0.717) is 24.1 Å². The monoisotopic (exact) mass is 536 g/mol. The van der Waals surface area contributed by atoms with Crippen molar-refractivity contribution in [3.63, 3.8) is 0 Å². The average molecular weight is 536 g/mol. The van der Waals surface area contributed by atoms with Gasteiger partial charge in [0.25, 0.3) is 0 Å². The average Bonchev–Trinajstić information content (AvgIpc) is 3.17. The number of para-hydroxylation sites is 1. The molecule has 1 aromatic carbocycles. The minimum absolute atomic E-state index is 0. The summed E-state index contributed by atoms with van der Waals surface area (Å²) in [5.41, 5.74) is 0.0453. The lowest BCUT2D eigenvalue weighted by Crippen LogP contribution is -2.39. The van der Waals surface area contributed by atoms with Crippen molar-refractivity contribution in [3.05, 3.63) is 52.5 Å². The number of fused-ring (bicyclic) bond motifs is 1. The smallest absolute Gasteiger partial charge is 0.368 e. The maximum absolute atomic E-state index is 12.6. The third-order valence-corrected chi connectivity index (χ3v) is 4.64. The molecule has 2 aromatic heterocycles. The number of benzene rings is 1. The first-order valence-electron chi connectivity index (χ1n) is 8.51. The number of nitrogens with zero attached hydrogens (tertiary/aromatic N) is 3. The first-order chi connectivity index (χ1) is 13.5. The van der Waals surface area contributed by atoms with Crippen molar-refractivity contribution in [2.75, 3.05) is 25.5 Å². The third-order valence-electron chi connectivity index (χ3n) is 3.79. The van der Waals surface area contributed by atoms with E-state index in [-0.39, 0.29) is 30.5 Å². The van der Waals surface area contributed by atoms with Crippen molar-refractivity contribution in [1.29, 1.82) is 0 Å². The van der Waals surface area contributed by atoms with Gasteiger partial charge in [-0.1, -0.05) is 18.2 Å². The molecule has 0 aliphatic carbocycles. The summed E-state index contributed by atoms with van der Waals surface area (Å²) in [5, 5.41) is 11.7. The number of halogens is 4. The summed E-state index contributed by atoms with van der Waals surface area (Å²) in [6, 6.07) is 11.8. The van der Waals surface area contributed by atoms with Gasteiger partial charge in [0.1, 0.15) is 10.8 Å². The number of anilines is 1. The topological polar surface area (TPSA) is 74.2 Å². The summed E-state index contributed by atoms with van der Waals surface area (Å²) in [5.74, 6) is 1.25. The van der Waals surface area contributed by atoms with E-state index in [1.165, 1.54) is 0 Å². The number of hydrogen-bond acceptors (Lipinski definition) is 5. The molecule has 3 aromatic rings. The Morgan fingerprint density at radius 3 is 2.59 bits per heavy atom. The normalized spacial score (nSPS) is 11.8. The molecule has 11 heteroatoms. The van der Waals surface area contributed by atoms with Gasteiger partial charge in [-0.05, 0) is 18.2 Å². The largest absolute Gasteiger partial charge is 0.434 e. The van der Waals surface area contributed by atoms with Crippen molar-refractivity contribution in [2.24, 2.45) is 4.99 Å². The number of nitrogens with one attached hydrogen (secondary N) is 3. The van der Waals surface area contributed by atoms with Crippen molar-refractivity contribution in [1.82, 2.24) is 20.6 Å². The van der Waals surface area contributed by atoms with Crippen molar-refractivity contribution >= 4 is 58.0 Å². The van der Waals surface area contributed by atoms with E-state index >= 15 is 0 Å². The van der Waals surface area contributed by atoms with Gasteiger partial charge in [0.2, 0.25) is 0 Å². The molecule has 3 N–H and O–H groups in total. The molecule has 0 aliphatic rings. The van der Waals surface area contributed by atoms with Crippen LogP contribution in [0.4, 0.5) is 19.0 Å². The third kappa shape index (κ3) is 6.70. The van der Waals surface area contributed by atoms with Crippen LogP contribution in [0.3, 0.4) is 0 Å². The fourth-order valence-electron chi connectivity index (χ4n) is 2.44. The van der Waals surface area contributed by atoms with Crippen LogP contribution in [0.15, 0.2) is 46.8 Å². The molecule has 29 heavy (non-hydrogen) atoms. The van der Waals surface area contributed by atoms with Gasteiger partial charge in [0.05, 0.1) is 12.1 Å². The van der Waals surface area contributed by atoms with Crippen LogP contribution in [-0.4, -0.2) is 36.1 Å². The summed E-state index contributed by atoms with van der Waals surface area (Å²) < 4.78 is 37.7. The molecule has 3 rings (SSSR count). The number of guanidine groups is 1.